The van der Waals surface area contributed by atoms with Crippen LogP contribution in [0.25, 0.3) is 0 Å². The van der Waals surface area contributed by atoms with E-state index in [4.69, 9.17) is 0 Å². The van der Waals surface area contributed by atoms with Crippen LogP contribution in [-0.4, -0.2) is 41.9 Å². The largest absolute Gasteiger partial charge is 0.368 e. The Balaban J connectivity index is 2.10. The maximum Gasteiger partial charge on any atom is 0.272 e. The summed E-state index contributed by atoms with van der Waals surface area (Å²) in [6.45, 7) is 6.24. The van der Waals surface area contributed by atoms with Crippen LogP contribution in [0.15, 0.2) is 18.2 Å². The van der Waals surface area contributed by atoms with Crippen LogP contribution in [0.4, 0.5) is 11.4 Å². The SMILES string of the molecule is CC(=O)N1CCN(c2ccc([N+](=O)[O-])c(C)c2)CC1. The molecule has 0 unspecified atom stereocenters. The van der Waals surface area contributed by atoms with Gasteiger partial charge in [-0.25, -0.2) is 0 Å². The lowest BCUT2D eigenvalue weighted by molar-refractivity contribution is -0.385. The predicted molar refractivity (Wildman–Crippen MR) is 72.3 cm³/mol. The summed E-state index contributed by atoms with van der Waals surface area (Å²) < 4.78 is 0. The third-order valence-corrected chi connectivity index (χ3v) is 3.47. The van der Waals surface area contributed by atoms with Gasteiger partial charge in [0.1, 0.15) is 0 Å². The minimum atomic E-state index is -0.368. The van der Waals surface area contributed by atoms with Gasteiger partial charge in [-0.3, -0.25) is 14.9 Å². The smallest absolute Gasteiger partial charge is 0.272 e. The summed E-state index contributed by atoms with van der Waals surface area (Å²) in [5.74, 6) is 0.0968. The Labute approximate surface area is 111 Å². The van der Waals surface area contributed by atoms with Crippen LogP contribution < -0.4 is 4.90 Å². The zero-order valence-electron chi connectivity index (χ0n) is 11.1. The normalized spacial score (nSPS) is 15.5. The molecular formula is C13H17N3O3. The summed E-state index contributed by atoms with van der Waals surface area (Å²) in [5, 5.41) is 10.8. The first kappa shape index (κ1) is 13.3. The van der Waals surface area contributed by atoms with Gasteiger partial charge in [-0.1, -0.05) is 0 Å². The molecule has 1 saturated heterocycles. The van der Waals surface area contributed by atoms with Gasteiger partial charge >= 0.3 is 0 Å². The van der Waals surface area contributed by atoms with Gasteiger partial charge in [0.05, 0.1) is 4.92 Å². The van der Waals surface area contributed by atoms with Gasteiger partial charge in [0.25, 0.3) is 5.69 Å². The lowest BCUT2D eigenvalue weighted by atomic mass is 10.1. The van der Waals surface area contributed by atoms with Crippen molar-refractivity contribution < 1.29 is 9.72 Å². The second-order valence-electron chi connectivity index (χ2n) is 4.72. The fourth-order valence-electron chi connectivity index (χ4n) is 2.32. The number of benzene rings is 1. The molecule has 2 rings (SSSR count). The lowest BCUT2D eigenvalue weighted by Crippen LogP contribution is -2.48. The summed E-state index contributed by atoms with van der Waals surface area (Å²) in [7, 11) is 0. The van der Waals surface area contributed by atoms with Crippen LogP contribution in [0, 0.1) is 17.0 Å². The fourth-order valence-corrected chi connectivity index (χ4v) is 2.32. The molecule has 0 bridgehead atoms. The number of amides is 1. The van der Waals surface area contributed by atoms with Crippen molar-refractivity contribution in [1.82, 2.24) is 4.90 Å². The molecule has 1 aromatic carbocycles. The molecule has 0 aliphatic carbocycles. The Bertz CT molecular complexity index is 508. The van der Waals surface area contributed by atoms with Gasteiger partial charge < -0.3 is 9.80 Å². The van der Waals surface area contributed by atoms with Crippen LogP contribution in [0.1, 0.15) is 12.5 Å². The summed E-state index contributed by atoms with van der Waals surface area (Å²) in [4.78, 5) is 25.6. The molecule has 0 aromatic heterocycles. The van der Waals surface area contributed by atoms with Gasteiger partial charge in [0.15, 0.2) is 0 Å². The van der Waals surface area contributed by atoms with E-state index < -0.39 is 0 Å². The summed E-state index contributed by atoms with van der Waals surface area (Å²) in [5.41, 5.74) is 1.79. The van der Waals surface area contributed by atoms with Gasteiger partial charge in [-0.2, -0.15) is 0 Å². The summed E-state index contributed by atoms with van der Waals surface area (Å²) in [6.07, 6.45) is 0. The lowest BCUT2D eigenvalue weighted by Gasteiger charge is -2.35. The van der Waals surface area contributed by atoms with Crippen LogP contribution in [-0.2, 0) is 4.79 Å². The van der Waals surface area contributed by atoms with Crippen molar-refractivity contribution in [2.45, 2.75) is 13.8 Å². The Kier molecular flexibility index (Phi) is 3.69. The number of carbonyl (C=O) groups excluding carboxylic acids is 1. The second kappa shape index (κ2) is 5.26. The monoisotopic (exact) mass is 263 g/mol. The molecule has 0 N–H and O–H groups in total. The molecule has 0 radical (unpaired) electrons. The molecule has 0 saturated carbocycles. The van der Waals surface area contributed by atoms with Crippen molar-refractivity contribution in [3.8, 4) is 0 Å². The quantitative estimate of drug-likeness (QED) is 0.600. The highest BCUT2D eigenvalue weighted by molar-refractivity contribution is 5.73. The van der Waals surface area contributed by atoms with Crippen molar-refractivity contribution in [3.05, 3.63) is 33.9 Å². The molecule has 1 heterocycles. The first-order valence-corrected chi connectivity index (χ1v) is 6.24. The highest BCUT2D eigenvalue weighted by Crippen LogP contribution is 2.24. The number of nitro benzene ring substituents is 1. The van der Waals surface area contributed by atoms with Crippen LogP contribution in [0.2, 0.25) is 0 Å². The Hall–Kier alpha value is -2.11. The van der Waals surface area contributed by atoms with Crippen molar-refractivity contribution in [3.63, 3.8) is 0 Å². The number of rotatable bonds is 2. The second-order valence-corrected chi connectivity index (χ2v) is 4.72. The number of anilines is 1. The minimum Gasteiger partial charge on any atom is -0.368 e. The molecule has 19 heavy (non-hydrogen) atoms. The third-order valence-electron chi connectivity index (χ3n) is 3.47. The van der Waals surface area contributed by atoms with Crippen molar-refractivity contribution >= 4 is 17.3 Å². The van der Waals surface area contributed by atoms with Gasteiger partial charge in [0, 0.05) is 50.4 Å². The highest BCUT2D eigenvalue weighted by Gasteiger charge is 2.20. The molecular weight excluding hydrogens is 246 g/mol. The Morgan fingerprint density at radius 2 is 1.89 bits per heavy atom. The molecule has 1 aliphatic heterocycles. The summed E-state index contributed by atoms with van der Waals surface area (Å²) in [6, 6.07) is 5.15. The highest BCUT2D eigenvalue weighted by atomic mass is 16.6. The molecule has 1 aliphatic rings. The van der Waals surface area contributed by atoms with Crippen LogP contribution in [0.3, 0.4) is 0 Å². The number of nitro groups is 1. The predicted octanol–water partition coefficient (Wildman–Crippen LogP) is 1.57. The molecule has 1 amide bonds. The molecule has 1 aromatic rings. The molecule has 1 fully saturated rings. The maximum atomic E-state index is 11.2. The number of piperazine rings is 1. The van der Waals surface area contributed by atoms with Crippen molar-refractivity contribution in [2.75, 3.05) is 31.1 Å². The minimum absolute atomic E-state index is 0.0968. The van der Waals surface area contributed by atoms with E-state index in [0.29, 0.717) is 18.7 Å². The topological polar surface area (TPSA) is 66.7 Å². The first-order valence-electron chi connectivity index (χ1n) is 6.24. The first-order chi connectivity index (χ1) is 8.99. The van der Waals surface area contributed by atoms with E-state index in [2.05, 4.69) is 4.90 Å². The maximum absolute atomic E-state index is 11.2. The van der Waals surface area contributed by atoms with Gasteiger partial charge in [0.2, 0.25) is 5.91 Å². The van der Waals surface area contributed by atoms with Crippen LogP contribution >= 0.6 is 0 Å². The number of carbonyl (C=O) groups is 1. The van der Waals surface area contributed by atoms with Crippen LogP contribution in [0.5, 0.6) is 0 Å². The van der Waals surface area contributed by atoms with E-state index in [-0.39, 0.29) is 16.5 Å². The molecule has 0 atom stereocenters. The average Bonchev–Trinajstić information content (AvgIpc) is 2.38. The number of hydrogen-bond donors (Lipinski definition) is 0. The Morgan fingerprint density at radius 3 is 2.37 bits per heavy atom. The van der Waals surface area contributed by atoms with Crippen molar-refractivity contribution in [1.29, 1.82) is 0 Å². The number of hydrogen-bond acceptors (Lipinski definition) is 4. The van der Waals surface area contributed by atoms with E-state index in [1.54, 1.807) is 26.0 Å². The van der Waals surface area contributed by atoms with E-state index >= 15 is 0 Å². The third kappa shape index (κ3) is 2.83. The zero-order chi connectivity index (χ0) is 14.0. The van der Waals surface area contributed by atoms with Gasteiger partial charge in [-0.15, -0.1) is 0 Å². The van der Waals surface area contributed by atoms with Gasteiger partial charge in [-0.05, 0) is 19.1 Å². The summed E-state index contributed by atoms with van der Waals surface area (Å²) >= 11 is 0. The van der Waals surface area contributed by atoms with E-state index in [1.165, 1.54) is 0 Å². The van der Waals surface area contributed by atoms with Crippen molar-refractivity contribution in [2.24, 2.45) is 0 Å². The van der Waals surface area contributed by atoms with E-state index in [9.17, 15) is 14.9 Å². The fraction of sp³-hybridized carbons (Fsp3) is 0.462. The standard InChI is InChI=1S/C13H17N3O3/c1-10-9-12(3-4-13(10)16(18)19)15-7-5-14(6-8-15)11(2)17/h3-4,9H,5-8H2,1-2H3. The molecule has 0 spiro atoms. The zero-order valence-corrected chi connectivity index (χ0v) is 11.1. The molecule has 102 valence electrons. The molecule has 6 nitrogen and oxygen atoms in total. The number of nitrogens with zero attached hydrogens (tertiary/aromatic N) is 3. The van der Waals surface area contributed by atoms with E-state index in [1.807, 2.05) is 11.0 Å². The average molecular weight is 263 g/mol. The Morgan fingerprint density at radius 1 is 1.26 bits per heavy atom. The molecule has 6 heteroatoms. The number of aryl methyl sites for hydroxylation is 1. The van der Waals surface area contributed by atoms with E-state index in [0.717, 1.165) is 18.8 Å².